The minimum absolute atomic E-state index is 0. The van der Waals surface area contributed by atoms with Crippen molar-refractivity contribution < 1.29 is 8.42 Å². The molecule has 1 aliphatic rings. The number of benzene rings is 2. The lowest BCUT2D eigenvalue weighted by atomic mass is 10.1. The molecule has 3 aromatic rings. The van der Waals surface area contributed by atoms with Crippen molar-refractivity contribution in [3.8, 4) is 6.07 Å². The largest absolute Gasteiger partial charge is 0.364 e. The number of fused-ring (bicyclic) bond motifs is 1. The van der Waals surface area contributed by atoms with Crippen LogP contribution in [0.25, 0.3) is 0 Å². The van der Waals surface area contributed by atoms with Crippen molar-refractivity contribution >= 4 is 28.1 Å². The molecule has 0 unspecified atom stereocenters. The monoisotopic (exact) mass is 485 g/mol. The number of nitrogens with zero attached hydrogens (tertiary/aromatic N) is 4. The summed E-state index contributed by atoms with van der Waals surface area (Å²) in [6.07, 6.45) is 4.60. The van der Waals surface area contributed by atoms with Crippen LogP contribution in [0.3, 0.4) is 0 Å². The highest BCUT2D eigenvalue weighted by molar-refractivity contribution is 7.89. The topological polar surface area (TPSA) is 93.1 Å². The maximum atomic E-state index is 13.4. The van der Waals surface area contributed by atoms with Crippen LogP contribution in [-0.4, -0.2) is 41.0 Å². The summed E-state index contributed by atoms with van der Waals surface area (Å²) in [5.74, 6) is 0.103. The molecule has 174 valence electrons. The lowest BCUT2D eigenvalue weighted by molar-refractivity contribution is 0.318. The van der Waals surface area contributed by atoms with Crippen molar-refractivity contribution in [2.75, 3.05) is 17.2 Å². The summed E-state index contributed by atoms with van der Waals surface area (Å²) in [7, 11) is -3.47. The van der Waals surface area contributed by atoms with Crippen LogP contribution in [0.5, 0.6) is 0 Å². The molecule has 2 heterocycles. The minimum Gasteiger partial charge on any atom is -0.364 e. The number of hydrogen-bond acceptors (Lipinski definition) is 5. The van der Waals surface area contributed by atoms with Gasteiger partial charge in [-0.1, -0.05) is 37.3 Å². The number of H-pyrrole nitrogens is 1. The zero-order valence-corrected chi connectivity index (χ0v) is 20.1. The van der Waals surface area contributed by atoms with Crippen LogP contribution in [0, 0.1) is 11.3 Å². The number of nitrogens with one attached hydrogen (secondary N) is 1. The van der Waals surface area contributed by atoms with Crippen molar-refractivity contribution in [1.29, 1.82) is 5.26 Å². The summed E-state index contributed by atoms with van der Waals surface area (Å²) in [6, 6.07) is 17.5. The van der Waals surface area contributed by atoms with Gasteiger partial charge < -0.3 is 9.88 Å². The molecule has 1 atom stereocenters. The Kier molecular flexibility index (Phi) is 8.14. The molecule has 0 saturated heterocycles. The van der Waals surface area contributed by atoms with E-state index in [1.165, 1.54) is 0 Å². The van der Waals surface area contributed by atoms with Gasteiger partial charge in [-0.2, -0.15) is 9.57 Å². The van der Waals surface area contributed by atoms with E-state index in [2.05, 4.69) is 20.9 Å². The number of sulfonamides is 1. The average molecular weight is 486 g/mol. The SMILES string of the molecule is CCCS(=O)(=O)N1Cc2cc(C#N)ccc2N(Cc2cnc[nH]2)C[C@H]1Cc1ccccc1.Cl. The number of halogens is 1. The Morgan fingerprint density at radius 1 is 1.21 bits per heavy atom. The van der Waals surface area contributed by atoms with Crippen LogP contribution >= 0.6 is 12.4 Å². The lowest BCUT2D eigenvalue weighted by Gasteiger charge is -2.32. The van der Waals surface area contributed by atoms with Gasteiger partial charge in [0.25, 0.3) is 0 Å². The maximum absolute atomic E-state index is 13.4. The van der Waals surface area contributed by atoms with Crippen molar-refractivity contribution in [2.24, 2.45) is 0 Å². The van der Waals surface area contributed by atoms with Crippen LogP contribution in [0.2, 0.25) is 0 Å². The second kappa shape index (κ2) is 10.8. The van der Waals surface area contributed by atoms with Gasteiger partial charge >= 0.3 is 0 Å². The number of imidazole rings is 1. The highest BCUT2D eigenvalue weighted by atomic mass is 35.5. The Hall–Kier alpha value is -2.86. The van der Waals surface area contributed by atoms with E-state index in [4.69, 9.17) is 0 Å². The molecule has 1 aromatic heterocycles. The van der Waals surface area contributed by atoms with Gasteiger partial charge in [-0.3, -0.25) is 0 Å². The predicted octanol–water partition coefficient (Wildman–Crippen LogP) is 3.88. The molecule has 0 radical (unpaired) electrons. The van der Waals surface area contributed by atoms with Crippen LogP contribution in [0.4, 0.5) is 5.69 Å². The molecule has 0 bridgehead atoms. The first-order valence-electron chi connectivity index (χ1n) is 10.8. The number of aromatic nitrogens is 2. The lowest BCUT2D eigenvalue weighted by Crippen LogP contribution is -2.46. The van der Waals surface area contributed by atoms with Crippen molar-refractivity contribution in [3.05, 3.63) is 83.4 Å². The number of anilines is 1. The van der Waals surface area contributed by atoms with E-state index < -0.39 is 10.0 Å². The third-order valence-corrected chi connectivity index (χ3v) is 7.83. The van der Waals surface area contributed by atoms with E-state index in [0.29, 0.717) is 31.5 Å². The Labute approximate surface area is 201 Å². The van der Waals surface area contributed by atoms with Crippen LogP contribution in [-0.2, 0) is 29.5 Å². The average Bonchev–Trinajstić information content (AvgIpc) is 3.24. The van der Waals surface area contributed by atoms with Gasteiger partial charge in [0.05, 0.1) is 36.0 Å². The van der Waals surface area contributed by atoms with E-state index in [-0.39, 0.29) is 30.7 Å². The molecule has 4 rings (SSSR count). The zero-order chi connectivity index (χ0) is 22.6. The summed E-state index contributed by atoms with van der Waals surface area (Å²) < 4.78 is 28.4. The predicted molar refractivity (Wildman–Crippen MR) is 132 cm³/mol. The molecule has 1 N–H and O–H groups in total. The fraction of sp³-hybridized carbons (Fsp3) is 0.333. The van der Waals surface area contributed by atoms with Gasteiger partial charge in [0, 0.05) is 31.0 Å². The molecular weight excluding hydrogens is 458 g/mol. The smallest absolute Gasteiger partial charge is 0.214 e. The normalized spacial score (nSPS) is 16.4. The molecule has 33 heavy (non-hydrogen) atoms. The summed E-state index contributed by atoms with van der Waals surface area (Å²) in [6.45, 7) is 3.25. The van der Waals surface area contributed by atoms with Gasteiger partial charge in [0.2, 0.25) is 10.0 Å². The van der Waals surface area contributed by atoms with E-state index in [9.17, 15) is 13.7 Å². The third-order valence-electron chi connectivity index (χ3n) is 5.76. The Balaban J connectivity index is 0.00000306. The molecule has 1 aliphatic heterocycles. The first kappa shape index (κ1) is 24.8. The Morgan fingerprint density at radius 3 is 2.67 bits per heavy atom. The van der Waals surface area contributed by atoms with Gasteiger partial charge in [0.15, 0.2) is 0 Å². The fourth-order valence-corrected chi connectivity index (χ4v) is 5.99. The highest BCUT2D eigenvalue weighted by Gasteiger charge is 2.35. The fourth-order valence-electron chi connectivity index (χ4n) is 4.31. The standard InChI is InChI=1S/C24H27N5O2S.ClH/c1-2-10-32(30,31)29-15-21-11-20(13-25)8-9-24(21)28(16-22-14-26-18-27-22)17-23(29)12-19-6-4-3-5-7-19;/h3-9,11,14,18,23H,2,10,12,15-17H2,1H3,(H,26,27);1H/t23-;/m1./s1. The first-order valence-corrected chi connectivity index (χ1v) is 12.4. The van der Waals surface area contributed by atoms with Gasteiger partial charge in [-0.05, 0) is 42.2 Å². The molecule has 0 fully saturated rings. The molecule has 9 heteroatoms. The minimum atomic E-state index is -3.47. The van der Waals surface area contributed by atoms with E-state index in [1.54, 1.807) is 22.9 Å². The summed E-state index contributed by atoms with van der Waals surface area (Å²) >= 11 is 0. The number of aromatic amines is 1. The second-order valence-corrected chi connectivity index (χ2v) is 10.2. The van der Waals surface area contributed by atoms with E-state index in [1.807, 2.05) is 49.4 Å². The zero-order valence-electron chi connectivity index (χ0n) is 18.5. The molecule has 0 saturated carbocycles. The van der Waals surface area contributed by atoms with E-state index in [0.717, 1.165) is 22.5 Å². The summed E-state index contributed by atoms with van der Waals surface area (Å²) in [5.41, 5.74) is 4.37. The van der Waals surface area contributed by atoms with Crippen LogP contribution in [0.15, 0.2) is 61.1 Å². The van der Waals surface area contributed by atoms with Gasteiger partial charge in [-0.15, -0.1) is 12.4 Å². The van der Waals surface area contributed by atoms with E-state index >= 15 is 0 Å². The third kappa shape index (κ3) is 5.74. The van der Waals surface area contributed by atoms with Crippen molar-refractivity contribution in [3.63, 3.8) is 0 Å². The van der Waals surface area contributed by atoms with Gasteiger partial charge in [-0.25, -0.2) is 13.4 Å². The Bertz CT molecular complexity index is 1190. The number of hydrogen-bond donors (Lipinski definition) is 1. The quantitative estimate of drug-likeness (QED) is 0.548. The summed E-state index contributed by atoms with van der Waals surface area (Å²) in [5, 5.41) is 9.43. The molecule has 7 nitrogen and oxygen atoms in total. The highest BCUT2D eigenvalue weighted by Crippen LogP contribution is 2.32. The molecular formula is C24H28ClN5O2S. The van der Waals surface area contributed by atoms with Gasteiger partial charge in [0.1, 0.15) is 0 Å². The molecule has 0 spiro atoms. The molecule has 2 aromatic carbocycles. The van der Waals surface area contributed by atoms with Crippen molar-refractivity contribution in [1.82, 2.24) is 14.3 Å². The summed E-state index contributed by atoms with van der Waals surface area (Å²) in [4.78, 5) is 9.47. The first-order chi connectivity index (χ1) is 15.5. The van der Waals surface area contributed by atoms with Crippen molar-refractivity contribution in [2.45, 2.75) is 38.9 Å². The Morgan fingerprint density at radius 2 is 2.00 bits per heavy atom. The number of nitriles is 1. The second-order valence-electron chi connectivity index (χ2n) is 8.12. The van der Waals surface area contributed by atoms with Crippen LogP contribution < -0.4 is 4.90 Å². The maximum Gasteiger partial charge on any atom is 0.214 e. The molecule has 0 amide bonds. The number of rotatable bonds is 7. The molecule has 0 aliphatic carbocycles. The van der Waals surface area contributed by atoms with Crippen LogP contribution in [0.1, 0.15) is 35.7 Å².